The predicted octanol–water partition coefficient (Wildman–Crippen LogP) is -0.186. The van der Waals surface area contributed by atoms with Crippen LogP contribution in [0.2, 0.25) is 0 Å². The SMILES string of the molecule is CN(C)C1CCN(CC(C)(N)C(=O)O)CC1. The Labute approximate surface area is 97.2 Å². The molecule has 0 spiro atoms. The molecule has 94 valence electrons. The van der Waals surface area contributed by atoms with E-state index in [0.717, 1.165) is 25.9 Å². The van der Waals surface area contributed by atoms with Crippen LogP contribution in [0.5, 0.6) is 0 Å². The second kappa shape index (κ2) is 5.12. The van der Waals surface area contributed by atoms with Crippen molar-refractivity contribution < 1.29 is 9.90 Å². The van der Waals surface area contributed by atoms with Gasteiger partial charge in [0.1, 0.15) is 5.54 Å². The minimum absolute atomic E-state index is 0.433. The summed E-state index contributed by atoms with van der Waals surface area (Å²) in [5.41, 5.74) is 4.60. The molecule has 1 unspecified atom stereocenters. The van der Waals surface area contributed by atoms with Crippen LogP contribution in [0.4, 0.5) is 0 Å². The molecule has 1 aliphatic heterocycles. The first kappa shape index (κ1) is 13.4. The number of nitrogens with zero attached hydrogens (tertiary/aromatic N) is 2. The normalized spacial score (nSPS) is 23.3. The monoisotopic (exact) mass is 229 g/mol. The highest BCUT2D eigenvalue weighted by Crippen LogP contribution is 2.16. The maximum absolute atomic E-state index is 10.9. The van der Waals surface area contributed by atoms with E-state index >= 15 is 0 Å². The smallest absolute Gasteiger partial charge is 0.324 e. The molecule has 1 rings (SSSR count). The van der Waals surface area contributed by atoms with Gasteiger partial charge in [0.05, 0.1) is 0 Å². The summed E-state index contributed by atoms with van der Waals surface area (Å²) in [6.07, 6.45) is 2.17. The third-order valence-corrected chi connectivity index (χ3v) is 3.33. The third-order valence-electron chi connectivity index (χ3n) is 3.33. The molecule has 0 bridgehead atoms. The van der Waals surface area contributed by atoms with Gasteiger partial charge in [-0.1, -0.05) is 0 Å². The molecule has 1 fully saturated rings. The number of nitrogens with two attached hydrogens (primary N) is 1. The molecule has 0 aromatic heterocycles. The Kier molecular flexibility index (Phi) is 4.29. The van der Waals surface area contributed by atoms with Crippen molar-refractivity contribution in [2.45, 2.75) is 31.3 Å². The van der Waals surface area contributed by atoms with Gasteiger partial charge in [-0.3, -0.25) is 4.79 Å². The van der Waals surface area contributed by atoms with Crippen LogP contribution in [-0.2, 0) is 4.79 Å². The zero-order valence-corrected chi connectivity index (χ0v) is 10.4. The first-order valence-corrected chi connectivity index (χ1v) is 5.74. The quantitative estimate of drug-likeness (QED) is 0.699. The molecule has 5 heteroatoms. The zero-order chi connectivity index (χ0) is 12.3. The Morgan fingerprint density at radius 2 is 2.00 bits per heavy atom. The van der Waals surface area contributed by atoms with Gasteiger partial charge in [0.2, 0.25) is 0 Å². The molecule has 16 heavy (non-hydrogen) atoms. The number of hydrogen-bond acceptors (Lipinski definition) is 4. The number of carboxylic acid groups (broad SMARTS) is 1. The molecule has 1 aliphatic rings. The lowest BCUT2D eigenvalue weighted by Crippen LogP contribution is -2.56. The average Bonchev–Trinajstić information content (AvgIpc) is 2.17. The van der Waals surface area contributed by atoms with Crippen molar-refractivity contribution in [3.63, 3.8) is 0 Å². The van der Waals surface area contributed by atoms with Crippen LogP contribution in [0.3, 0.4) is 0 Å². The highest BCUT2D eigenvalue weighted by molar-refractivity contribution is 5.78. The summed E-state index contributed by atoms with van der Waals surface area (Å²) in [5, 5.41) is 8.95. The Balaban J connectivity index is 2.40. The van der Waals surface area contributed by atoms with Gasteiger partial charge in [-0.15, -0.1) is 0 Å². The molecule has 3 N–H and O–H groups in total. The van der Waals surface area contributed by atoms with Gasteiger partial charge >= 0.3 is 5.97 Å². The fourth-order valence-corrected chi connectivity index (χ4v) is 2.13. The van der Waals surface area contributed by atoms with Gasteiger partial charge in [0.15, 0.2) is 0 Å². The molecule has 0 saturated carbocycles. The topological polar surface area (TPSA) is 69.8 Å². The summed E-state index contributed by atoms with van der Waals surface area (Å²) >= 11 is 0. The molecule has 0 aliphatic carbocycles. The second-order valence-electron chi connectivity index (χ2n) is 5.19. The summed E-state index contributed by atoms with van der Waals surface area (Å²) in [6, 6.07) is 0.616. The number of aliphatic carboxylic acids is 1. The highest BCUT2D eigenvalue weighted by atomic mass is 16.4. The van der Waals surface area contributed by atoms with E-state index in [0.29, 0.717) is 12.6 Å². The molecule has 1 atom stereocenters. The number of piperidine rings is 1. The van der Waals surface area contributed by atoms with Gasteiger partial charge in [0, 0.05) is 12.6 Å². The van der Waals surface area contributed by atoms with Gasteiger partial charge in [-0.25, -0.2) is 0 Å². The Morgan fingerprint density at radius 3 is 2.38 bits per heavy atom. The van der Waals surface area contributed by atoms with E-state index < -0.39 is 11.5 Å². The largest absolute Gasteiger partial charge is 0.480 e. The first-order valence-electron chi connectivity index (χ1n) is 5.74. The van der Waals surface area contributed by atoms with Crippen molar-refractivity contribution in [1.29, 1.82) is 0 Å². The van der Waals surface area contributed by atoms with Crippen LogP contribution in [0.25, 0.3) is 0 Å². The Morgan fingerprint density at radius 1 is 1.50 bits per heavy atom. The summed E-state index contributed by atoms with van der Waals surface area (Å²) in [6.45, 7) is 3.88. The number of likely N-dealkylation sites (tertiary alicyclic amines) is 1. The molecule has 0 aromatic rings. The summed E-state index contributed by atoms with van der Waals surface area (Å²) < 4.78 is 0. The summed E-state index contributed by atoms with van der Waals surface area (Å²) in [7, 11) is 4.18. The fraction of sp³-hybridized carbons (Fsp3) is 0.909. The van der Waals surface area contributed by atoms with E-state index in [1.807, 2.05) is 0 Å². The molecule has 0 amide bonds. The van der Waals surface area contributed by atoms with Crippen molar-refractivity contribution in [3.05, 3.63) is 0 Å². The van der Waals surface area contributed by atoms with Crippen molar-refractivity contribution in [1.82, 2.24) is 9.80 Å². The zero-order valence-electron chi connectivity index (χ0n) is 10.4. The van der Waals surface area contributed by atoms with Crippen LogP contribution in [0, 0.1) is 0 Å². The highest BCUT2D eigenvalue weighted by Gasteiger charge is 2.32. The molecule has 0 radical (unpaired) electrons. The van der Waals surface area contributed by atoms with Crippen LogP contribution in [0.15, 0.2) is 0 Å². The molecule has 0 aromatic carbocycles. The number of hydrogen-bond donors (Lipinski definition) is 2. The maximum Gasteiger partial charge on any atom is 0.324 e. The van der Waals surface area contributed by atoms with E-state index in [4.69, 9.17) is 10.8 Å². The van der Waals surface area contributed by atoms with Gasteiger partial charge in [0.25, 0.3) is 0 Å². The van der Waals surface area contributed by atoms with Gasteiger partial charge in [-0.2, -0.15) is 0 Å². The van der Waals surface area contributed by atoms with E-state index in [1.54, 1.807) is 6.92 Å². The van der Waals surface area contributed by atoms with Crippen LogP contribution in [0.1, 0.15) is 19.8 Å². The molecule has 1 saturated heterocycles. The van der Waals surface area contributed by atoms with E-state index in [-0.39, 0.29) is 0 Å². The van der Waals surface area contributed by atoms with Crippen LogP contribution >= 0.6 is 0 Å². The van der Waals surface area contributed by atoms with Crippen molar-refractivity contribution in [2.75, 3.05) is 33.7 Å². The summed E-state index contributed by atoms with van der Waals surface area (Å²) in [5.74, 6) is -0.928. The number of carboxylic acids is 1. The molecule has 1 heterocycles. The van der Waals surface area contributed by atoms with Crippen molar-refractivity contribution in [2.24, 2.45) is 5.73 Å². The third kappa shape index (κ3) is 3.43. The fourth-order valence-electron chi connectivity index (χ4n) is 2.13. The second-order valence-corrected chi connectivity index (χ2v) is 5.19. The average molecular weight is 229 g/mol. The molecular weight excluding hydrogens is 206 g/mol. The minimum atomic E-state index is -1.13. The van der Waals surface area contributed by atoms with E-state index in [9.17, 15) is 4.79 Å². The lowest BCUT2D eigenvalue weighted by atomic mass is 9.99. The van der Waals surface area contributed by atoms with Crippen molar-refractivity contribution in [3.8, 4) is 0 Å². The first-order chi connectivity index (χ1) is 7.33. The standard InChI is InChI=1S/C11H23N3O2/c1-11(12,10(15)16)8-14-6-4-9(5-7-14)13(2)3/h9H,4-8,12H2,1-3H3,(H,15,16). The predicted molar refractivity (Wildman–Crippen MR) is 63.4 cm³/mol. The maximum atomic E-state index is 10.9. The molecular formula is C11H23N3O2. The summed E-state index contributed by atoms with van der Waals surface area (Å²) in [4.78, 5) is 15.3. The molecule has 5 nitrogen and oxygen atoms in total. The Hall–Kier alpha value is -0.650. The number of carbonyl (C=O) groups is 1. The van der Waals surface area contributed by atoms with E-state index in [2.05, 4.69) is 23.9 Å². The Bertz CT molecular complexity index is 246. The minimum Gasteiger partial charge on any atom is -0.480 e. The van der Waals surface area contributed by atoms with E-state index in [1.165, 1.54) is 0 Å². The lowest BCUT2D eigenvalue weighted by Gasteiger charge is -2.37. The van der Waals surface area contributed by atoms with Crippen LogP contribution in [-0.4, -0.2) is 66.2 Å². The van der Waals surface area contributed by atoms with Crippen LogP contribution < -0.4 is 5.73 Å². The van der Waals surface area contributed by atoms with Gasteiger partial charge < -0.3 is 20.6 Å². The van der Waals surface area contributed by atoms with Crippen molar-refractivity contribution >= 4 is 5.97 Å². The number of rotatable bonds is 4. The van der Waals surface area contributed by atoms with Gasteiger partial charge in [-0.05, 0) is 47.0 Å². The lowest BCUT2D eigenvalue weighted by molar-refractivity contribution is -0.143.